The number of nitrogens with zero attached hydrogens (tertiary/aromatic N) is 3. The lowest BCUT2D eigenvalue weighted by Crippen LogP contribution is -2.43. The third-order valence-corrected chi connectivity index (χ3v) is 5.78. The number of hydrogen-bond acceptors (Lipinski definition) is 5. The topological polar surface area (TPSA) is 102 Å². The molecule has 1 aromatic heterocycles. The zero-order valence-corrected chi connectivity index (χ0v) is 15.8. The van der Waals surface area contributed by atoms with Crippen molar-refractivity contribution in [2.75, 3.05) is 16.8 Å². The van der Waals surface area contributed by atoms with Crippen LogP contribution < -0.4 is 15.8 Å². The maximum Gasteiger partial charge on any atom is 0.258 e. The average molecular weight is 377 g/mol. The highest BCUT2D eigenvalue weighted by Gasteiger charge is 2.40. The molecule has 2 aliphatic rings. The maximum atomic E-state index is 13.1. The first-order valence-corrected chi connectivity index (χ1v) is 9.80. The van der Waals surface area contributed by atoms with Crippen molar-refractivity contribution in [2.24, 2.45) is 5.92 Å². The van der Waals surface area contributed by atoms with Crippen LogP contribution in [0.1, 0.15) is 49.7 Å². The Hall–Kier alpha value is -3.14. The van der Waals surface area contributed by atoms with Crippen molar-refractivity contribution in [1.82, 2.24) is 9.97 Å². The third kappa shape index (κ3) is 3.05. The molecule has 1 aromatic carbocycles. The van der Waals surface area contributed by atoms with Gasteiger partial charge in [-0.05, 0) is 31.2 Å². The summed E-state index contributed by atoms with van der Waals surface area (Å²) < 4.78 is 0. The highest BCUT2D eigenvalue weighted by Crippen LogP contribution is 2.38. The number of anilines is 2. The lowest BCUT2D eigenvalue weighted by atomic mass is 9.79. The molecule has 7 heteroatoms. The molecule has 4 rings (SSSR count). The number of carbonyl (C=O) groups is 1. The van der Waals surface area contributed by atoms with Crippen LogP contribution in [0, 0.1) is 17.2 Å². The molecular formula is C21H23N5O2. The second-order valence-electron chi connectivity index (χ2n) is 7.39. The Morgan fingerprint density at radius 1 is 1.25 bits per heavy atom. The summed E-state index contributed by atoms with van der Waals surface area (Å²) in [4.78, 5) is 35.4. The Kier molecular flexibility index (Phi) is 4.86. The number of H-pyrrole nitrogens is 1. The molecule has 0 spiro atoms. The van der Waals surface area contributed by atoms with Crippen LogP contribution in [0.4, 0.5) is 11.8 Å². The molecule has 7 nitrogen and oxygen atoms in total. The minimum atomic E-state index is -0.970. The van der Waals surface area contributed by atoms with Crippen molar-refractivity contribution < 1.29 is 4.79 Å². The zero-order valence-electron chi connectivity index (χ0n) is 15.8. The first-order chi connectivity index (χ1) is 13.6. The molecule has 0 aliphatic carbocycles. The van der Waals surface area contributed by atoms with Crippen LogP contribution in [-0.2, 0) is 4.79 Å². The summed E-state index contributed by atoms with van der Waals surface area (Å²) >= 11 is 0. The number of carbonyl (C=O) groups excluding carboxylic acids is 1. The van der Waals surface area contributed by atoms with E-state index in [1.165, 1.54) is 6.42 Å². The Balaban J connectivity index is 1.83. The van der Waals surface area contributed by atoms with Crippen molar-refractivity contribution in [1.29, 1.82) is 5.26 Å². The lowest BCUT2D eigenvalue weighted by Gasteiger charge is -2.36. The first kappa shape index (κ1) is 18.2. The largest absolute Gasteiger partial charge is 0.339 e. The number of amides is 1. The van der Waals surface area contributed by atoms with E-state index in [1.54, 1.807) is 0 Å². The molecule has 0 saturated carbocycles. The second-order valence-corrected chi connectivity index (χ2v) is 7.39. The molecule has 1 saturated heterocycles. The summed E-state index contributed by atoms with van der Waals surface area (Å²) in [7, 11) is 0. The molecule has 3 heterocycles. The van der Waals surface area contributed by atoms with Crippen LogP contribution in [0.15, 0.2) is 35.1 Å². The number of benzene rings is 1. The van der Waals surface area contributed by atoms with E-state index in [-0.39, 0.29) is 11.4 Å². The van der Waals surface area contributed by atoms with E-state index < -0.39 is 17.7 Å². The number of hydrogen-bond donors (Lipinski definition) is 2. The molecule has 1 fully saturated rings. The summed E-state index contributed by atoms with van der Waals surface area (Å²) in [5.74, 6) is -1.26. The van der Waals surface area contributed by atoms with Gasteiger partial charge in [-0.1, -0.05) is 37.3 Å². The van der Waals surface area contributed by atoms with Gasteiger partial charge in [0.1, 0.15) is 11.7 Å². The lowest BCUT2D eigenvalue weighted by molar-refractivity contribution is -0.119. The van der Waals surface area contributed by atoms with Gasteiger partial charge in [0, 0.05) is 18.5 Å². The van der Waals surface area contributed by atoms with Crippen molar-refractivity contribution in [2.45, 2.75) is 44.6 Å². The van der Waals surface area contributed by atoms with Crippen molar-refractivity contribution in [3.8, 4) is 6.07 Å². The number of rotatable bonds is 3. The fraction of sp³-hybridized carbons (Fsp3) is 0.429. The van der Waals surface area contributed by atoms with Gasteiger partial charge in [0.15, 0.2) is 0 Å². The molecule has 3 atom stereocenters. The second kappa shape index (κ2) is 7.47. The number of nitriles is 1. The average Bonchev–Trinajstić information content (AvgIpc) is 2.73. The fourth-order valence-electron chi connectivity index (χ4n) is 4.36. The summed E-state index contributed by atoms with van der Waals surface area (Å²) in [6, 6.07) is 11.6. The van der Waals surface area contributed by atoms with Crippen molar-refractivity contribution in [3.63, 3.8) is 0 Å². The predicted octanol–water partition coefficient (Wildman–Crippen LogP) is 2.76. The molecule has 0 radical (unpaired) electrons. The van der Waals surface area contributed by atoms with E-state index in [0.717, 1.165) is 31.4 Å². The highest BCUT2D eigenvalue weighted by atomic mass is 16.2. The summed E-state index contributed by atoms with van der Waals surface area (Å²) in [5.41, 5.74) is 0.815. The van der Waals surface area contributed by atoms with Gasteiger partial charge in [-0.25, -0.2) is 0 Å². The van der Waals surface area contributed by atoms with Crippen LogP contribution in [0.3, 0.4) is 0 Å². The Labute approximate surface area is 163 Å². The van der Waals surface area contributed by atoms with Gasteiger partial charge < -0.3 is 10.2 Å². The number of aromatic nitrogens is 2. The Morgan fingerprint density at radius 3 is 2.75 bits per heavy atom. The standard InChI is InChI=1S/C21H23N5O2/c1-2-14-10-6-7-11-26(14)21-24-18-17(20(28)25-21)16(13-8-4-3-5-9-13)15(12-22)19(27)23-18/h3-5,8-9,14-16H,2,6-7,10-11H2,1H3,(H2,23,24,25,27,28). The molecule has 3 unspecified atom stereocenters. The molecule has 0 bridgehead atoms. The monoisotopic (exact) mass is 377 g/mol. The zero-order chi connectivity index (χ0) is 19.7. The van der Waals surface area contributed by atoms with Gasteiger partial charge >= 0.3 is 0 Å². The van der Waals surface area contributed by atoms with E-state index in [0.29, 0.717) is 17.6 Å². The van der Waals surface area contributed by atoms with Crippen LogP contribution in [0.25, 0.3) is 0 Å². The van der Waals surface area contributed by atoms with E-state index >= 15 is 0 Å². The summed E-state index contributed by atoms with van der Waals surface area (Å²) in [5, 5.41) is 12.3. The maximum absolute atomic E-state index is 13.1. The number of aromatic amines is 1. The van der Waals surface area contributed by atoms with Gasteiger partial charge in [0.25, 0.3) is 5.56 Å². The highest BCUT2D eigenvalue weighted by molar-refractivity contribution is 5.97. The Morgan fingerprint density at radius 2 is 2.04 bits per heavy atom. The van der Waals surface area contributed by atoms with Crippen molar-refractivity contribution >= 4 is 17.7 Å². The number of fused-ring (bicyclic) bond motifs is 1. The van der Waals surface area contributed by atoms with E-state index in [2.05, 4.69) is 33.2 Å². The summed E-state index contributed by atoms with van der Waals surface area (Å²) in [6.07, 6.45) is 4.25. The molecule has 2 aliphatic heterocycles. The molecule has 2 aromatic rings. The SMILES string of the molecule is CCC1CCCCN1c1nc2c(c(=O)[nH]1)C(c1ccccc1)C(C#N)C(=O)N2. The van der Waals surface area contributed by atoms with Gasteiger partial charge in [0.2, 0.25) is 11.9 Å². The normalized spacial score (nSPS) is 24.2. The smallest absolute Gasteiger partial charge is 0.258 e. The quantitative estimate of drug-likeness (QED) is 0.856. The van der Waals surface area contributed by atoms with Gasteiger partial charge in [-0.3, -0.25) is 14.6 Å². The number of nitrogens with one attached hydrogen (secondary N) is 2. The molecule has 144 valence electrons. The molecule has 2 N–H and O–H groups in total. The predicted molar refractivity (Wildman–Crippen MR) is 106 cm³/mol. The van der Waals surface area contributed by atoms with Gasteiger partial charge in [-0.2, -0.15) is 10.2 Å². The van der Waals surface area contributed by atoms with Crippen LogP contribution in [-0.4, -0.2) is 28.5 Å². The van der Waals surface area contributed by atoms with Crippen LogP contribution in [0.2, 0.25) is 0 Å². The van der Waals surface area contributed by atoms with Gasteiger partial charge in [-0.15, -0.1) is 0 Å². The first-order valence-electron chi connectivity index (χ1n) is 9.80. The molecule has 1 amide bonds. The fourth-order valence-corrected chi connectivity index (χ4v) is 4.36. The summed E-state index contributed by atoms with van der Waals surface area (Å²) in [6.45, 7) is 2.96. The third-order valence-electron chi connectivity index (χ3n) is 5.78. The van der Waals surface area contributed by atoms with E-state index in [4.69, 9.17) is 0 Å². The van der Waals surface area contributed by atoms with Crippen molar-refractivity contribution in [3.05, 3.63) is 51.8 Å². The molecular weight excluding hydrogens is 354 g/mol. The Bertz CT molecular complexity index is 979. The van der Waals surface area contributed by atoms with Crippen LogP contribution >= 0.6 is 0 Å². The minimum Gasteiger partial charge on any atom is -0.339 e. The number of piperidine rings is 1. The molecule has 28 heavy (non-hydrogen) atoms. The minimum absolute atomic E-state index is 0.268. The van der Waals surface area contributed by atoms with Gasteiger partial charge in [0.05, 0.1) is 11.6 Å². The van der Waals surface area contributed by atoms with E-state index in [9.17, 15) is 14.9 Å². The van der Waals surface area contributed by atoms with Crippen LogP contribution in [0.5, 0.6) is 0 Å². The van der Waals surface area contributed by atoms with E-state index in [1.807, 2.05) is 30.3 Å².